The first kappa shape index (κ1) is 17.6. The zero-order chi connectivity index (χ0) is 18.3. The lowest BCUT2D eigenvalue weighted by atomic mass is 10.2. The van der Waals surface area contributed by atoms with Crippen molar-refractivity contribution >= 4 is 45.3 Å². The Morgan fingerprint density at radius 2 is 2.15 bits per heavy atom. The smallest absolute Gasteiger partial charge is 0.249 e. The molecule has 3 heterocycles. The van der Waals surface area contributed by atoms with Gasteiger partial charge in [0, 0.05) is 22.7 Å². The molecule has 26 heavy (non-hydrogen) atoms. The summed E-state index contributed by atoms with van der Waals surface area (Å²) in [5, 5.41) is 7.27. The minimum absolute atomic E-state index is 0.0704. The van der Waals surface area contributed by atoms with E-state index in [2.05, 4.69) is 26.3 Å². The van der Waals surface area contributed by atoms with Crippen molar-refractivity contribution in [3.8, 4) is 0 Å². The van der Waals surface area contributed by atoms with Gasteiger partial charge in [-0.2, -0.15) is 5.10 Å². The number of nitrogens with one attached hydrogen (secondary N) is 1. The van der Waals surface area contributed by atoms with Crippen LogP contribution in [-0.2, 0) is 16.1 Å². The molecule has 1 aromatic heterocycles. The molecule has 0 unspecified atom stereocenters. The highest BCUT2D eigenvalue weighted by Crippen LogP contribution is 2.47. The van der Waals surface area contributed by atoms with E-state index in [4.69, 9.17) is 0 Å². The van der Waals surface area contributed by atoms with Crippen LogP contribution in [0.4, 0.5) is 5.82 Å². The van der Waals surface area contributed by atoms with Crippen molar-refractivity contribution in [3.05, 3.63) is 46.6 Å². The summed E-state index contributed by atoms with van der Waals surface area (Å²) >= 11 is 5.12. The molecule has 8 heteroatoms. The van der Waals surface area contributed by atoms with E-state index in [9.17, 15) is 9.59 Å². The molecule has 2 fully saturated rings. The molecule has 6 nitrogen and oxygen atoms in total. The Kier molecular flexibility index (Phi) is 4.56. The summed E-state index contributed by atoms with van der Waals surface area (Å²) < 4.78 is 2.78. The number of carbonyl (C=O) groups is 2. The molecule has 0 saturated carbocycles. The summed E-state index contributed by atoms with van der Waals surface area (Å²) in [5.74, 6) is 1.20. The van der Waals surface area contributed by atoms with Gasteiger partial charge in [0.2, 0.25) is 11.8 Å². The standard InChI is InChI=1S/C18H19BrN4O2S/c1-18-8-6-16(24)23(18)14(11-26-18)17(25)21-15-7-9-20-22(15)10-12-2-4-13(19)5-3-12/h2-5,7,9,14H,6,8,10-11H2,1H3,(H,21,25)/t14-,18+/m1/s1. The van der Waals surface area contributed by atoms with E-state index in [1.54, 1.807) is 33.6 Å². The number of aromatic nitrogens is 2. The fraction of sp³-hybridized carbons (Fsp3) is 0.389. The number of rotatable bonds is 4. The van der Waals surface area contributed by atoms with E-state index in [1.807, 2.05) is 31.2 Å². The maximum Gasteiger partial charge on any atom is 0.249 e. The quantitative estimate of drug-likeness (QED) is 0.802. The molecule has 2 saturated heterocycles. The predicted molar refractivity (Wildman–Crippen MR) is 105 cm³/mol. The van der Waals surface area contributed by atoms with Crippen LogP contribution in [-0.4, -0.2) is 43.2 Å². The number of thioether (sulfide) groups is 1. The van der Waals surface area contributed by atoms with Crippen molar-refractivity contribution in [1.29, 1.82) is 0 Å². The maximum absolute atomic E-state index is 12.8. The van der Waals surface area contributed by atoms with Crippen LogP contribution in [0.5, 0.6) is 0 Å². The molecule has 4 rings (SSSR count). The van der Waals surface area contributed by atoms with Crippen molar-refractivity contribution in [2.24, 2.45) is 0 Å². The lowest BCUT2D eigenvalue weighted by Crippen LogP contribution is -2.48. The van der Waals surface area contributed by atoms with E-state index in [-0.39, 0.29) is 16.7 Å². The second-order valence-corrected chi connectivity index (χ2v) is 9.17. The van der Waals surface area contributed by atoms with Gasteiger partial charge in [-0.25, -0.2) is 4.68 Å². The Hall–Kier alpha value is -1.80. The monoisotopic (exact) mass is 434 g/mol. The van der Waals surface area contributed by atoms with Crippen molar-refractivity contribution in [2.45, 2.75) is 37.2 Å². The molecule has 1 N–H and O–H groups in total. The zero-order valence-corrected chi connectivity index (χ0v) is 16.7. The molecule has 136 valence electrons. The van der Waals surface area contributed by atoms with Crippen LogP contribution in [0.3, 0.4) is 0 Å². The Morgan fingerprint density at radius 3 is 2.92 bits per heavy atom. The molecule has 0 bridgehead atoms. The lowest BCUT2D eigenvalue weighted by Gasteiger charge is -2.29. The second-order valence-electron chi connectivity index (χ2n) is 6.76. The average Bonchev–Trinajstić information content (AvgIpc) is 3.26. The predicted octanol–water partition coefficient (Wildman–Crippen LogP) is 3.09. The van der Waals surface area contributed by atoms with Crippen LogP contribution in [0, 0.1) is 0 Å². The molecule has 2 aliphatic heterocycles. The van der Waals surface area contributed by atoms with Crippen LogP contribution in [0.15, 0.2) is 41.0 Å². The SMILES string of the molecule is C[C@]12CCC(=O)N1[C@@H](C(=O)Nc1ccnn1Cc1ccc(Br)cc1)CS2. The third-order valence-corrected chi connectivity index (χ3v) is 6.99. The number of halogens is 1. The first-order valence-corrected chi connectivity index (χ1v) is 10.3. The van der Waals surface area contributed by atoms with Gasteiger partial charge in [0.15, 0.2) is 0 Å². The lowest BCUT2D eigenvalue weighted by molar-refractivity contribution is -0.135. The third kappa shape index (κ3) is 3.16. The molecule has 2 aromatic rings. The summed E-state index contributed by atoms with van der Waals surface area (Å²) in [6, 6.07) is 9.35. The zero-order valence-electron chi connectivity index (χ0n) is 14.3. The van der Waals surface area contributed by atoms with Crippen molar-refractivity contribution < 1.29 is 9.59 Å². The molecular weight excluding hydrogens is 416 g/mol. The number of hydrogen-bond acceptors (Lipinski definition) is 4. The van der Waals surface area contributed by atoms with Crippen LogP contribution in [0.1, 0.15) is 25.3 Å². The van der Waals surface area contributed by atoms with Gasteiger partial charge in [-0.05, 0) is 31.0 Å². The highest BCUT2D eigenvalue weighted by molar-refractivity contribution is 9.10. The van der Waals surface area contributed by atoms with E-state index in [0.717, 1.165) is 16.5 Å². The summed E-state index contributed by atoms with van der Waals surface area (Å²) in [5.41, 5.74) is 1.09. The van der Waals surface area contributed by atoms with Gasteiger partial charge in [0.1, 0.15) is 11.9 Å². The Labute approximate surface area is 164 Å². The van der Waals surface area contributed by atoms with E-state index < -0.39 is 6.04 Å². The van der Waals surface area contributed by atoms with Crippen molar-refractivity contribution in [1.82, 2.24) is 14.7 Å². The van der Waals surface area contributed by atoms with Crippen LogP contribution >= 0.6 is 27.7 Å². The summed E-state index contributed by atoms with van der Waals surface area (Å²) in [4.78, 5) is 26.6. The largest absolute Gasteiger partial charge is 0.315 e. The normalized spacial score (nSPS) is 24.8. The molecular formula is C18H19BrN4O2S. The summed E-state index contributed by atoms with van der Waals surface area (Å²) in [6.07, 6.45) is 3.00. The number of benzene rings is 1. The molecule has 0 spiro atoms. The van der Waals surface area contributed by atoms with Gasteiger partial charge in [0.25, 0.3) is 0 Å². The maximum atomic E-state index is 12.8. The van der Waals surface area contributed by atoms with Crippen LogP contribution in [0.2, 0.25) is 0 Å². The molecule has 0 radical (unpaired) electrons. The molecule has 1 aromatic carbocycles. The molecule has 2 amide bonds. The van der Waals surface area contributed by atoms with E-state index >= 15 is 0 Å². The van der Waals surface area contributed by atoms with Crippen molar-refractivity contribution in [3.63, 3.8) is 0 Å². The van der Waals surface area contributed by atoms with Gasteiger partial charge < -0.3 is 10.2 Å². The minimum Gasteiger partial charge on any atom is -0.315 e. The number of nitrogens with zero attached hydrogens (tertiary/aromatic N) is 3. The van der Waals surface area contributed by atoms with Gasteiger partial charge in [-0.1, -0.05) is 28.1 Å². The molecule has 0 aliphatic carbocycles. The minimum atomic E-state index is -0.420. The average molecular weight is 435 g/mol. The number of carbonyl (C=O) groups excluding carboxylic acids is 2. The summed E-state index contributed by atoms with van der Waals surface area (Å²) in [7, 11) is 0. The Bertz CT molecular complexity index is 853. The van der Waals surface area contributed by atoms with E-state index in [0.29, 0.717) is 24.5 Å². The topological polar surface area (TPSA) is 67.2 Å². The van der Waals surface area contributed by atoms with Crippen molar-refractivity contribution in [2.75, 3.05) is 11.1 Å². The third-order valence-electron chi connectivity index (χ3n) is 4.96. The highest BCUT2D eigenvalue weighted by atomic mass is 79.9. The van der Waals surface area contributed by atoms with Gasteiger partial charge >= 0.3 is 0 Å². The van der Waals surface area contributed by atoms with E-state index in [1.165, 1.54) is 0 Å². The number of amides is 2. The molecule has 2 atom stereocenters. The van der Waals surface area contributed by atoms with Gasteiger partial charge in [0.05, 0.1) is 17.6 Å². The highest BCUT2D eigenvalue weighted by Gasteiger charge is 2.52. The first-order valence-electron chi connectivity index (χ1n) is 8.49. The number of fused-ring (bicyclic) bond motifs is 1. The van der Waals surface area contributed by atoms with Crippen LogP contribution < -0.4 is 5.32 Å². The van der Waals surface area contributed by atoms with Gasteiger partial charge in [-0.15, -0.1) is 11.8 Å². The fourth-order valence-corrected chi connectivity index (χ4v) is 5.25. The van der Waals surface area contributed by atoms with Gasteiger partial charge in [-0.3, -0.25) is 9.59 Å². The van der Waals surface area contributed by atoms with Crippen LogP contribution in [0.25, 0.3) is 0 Å². The Balaban J connectivity index is 1.48. The Morgan fingerprint density at radius 1 is 1.38 bits per heavy atom. The first-order chi connectivity index (χ1) is 12.5. The summed E-state index contributed by atoms with van der Waals surface area (Å²) in [6.45, 7) is 2.61. The molecule has 2 aliphatic rings. The number of hydrogen-bond donors (Lipinski definition) is 1. The fourth-order valence-electron chi connectivity index (χ4n) is 3.55. The number of anilines is 1. The second kappa shape index (κ2) is 6.74.